The first-order valence-corrected chi connectivity index (χ1v) is 3.59. The molecule has 4 nitrogen and oxygen atoms in total. The van der Waals surface area contributed by atoms with Crippen LogP contribution in [0.25, 0.3) is 5.53 Å². The summed E-state index contributed by atoms with van der Waals surface area (Å²) in [5, 5.41) is 3.52. The van der Waals surface area contributed by atoms with Crippen LogP contribution in [0.1, 0.15) is 5.56 Å². The molecule has 74 valence electrons. The van der Waals surface area contributed by atoms with E-state index in [2.05, 4.69) is 10.6 Å². The van der Waals surface area contributed by atoms with Gasteiger partial charge in [0.15, 0.2) is 0 Å². The van der Waals surface area contributed by atoms with Gasteiger partial charge in [0.2, 0.25) is 0 Å². The zero-order valence-corrected chi connectivity index (χ0v) is 8.51. The van der Waals surface area contributed by atoms with Gasteiger partial charge in [-0.05, 0) is 5.56 Å². The van der Waals surface area contributed by atoms with Crippen molar-refractivity contribution in [3.05, 3.63) is 41.4 Å². The monoisotopic (exact) mass is 269 g/mol. The first-order valence-electron chi connectivity index (χ1n) is 3.59. The SMILES string of the molecule is N[N-]/N=C(\N)Cc1ccccc1.[Pd]. The smallest absolute Gasteiger partial charge is 0.0840 e. The molecule has 0 bridgehead atoms. The molecular formula is C8H11N4Pd-. The topological polar surface area (TPSA) is 78.5 Å². The summed E-state index contributed by atoms with van der Waals surface area (Å²) >= 11 is 0. The van der Waals surface area contributed by atoms with E-state index in [1.807, 2.05) is 30.3 Å². The Kier molecular flexibility index (Phi) is 6.16. The number of benzene rings is 1. The standard InChI is InChI=1S/C8H11N4.Pd/c9-8(11-12-10)6-7-4-2-1-3-5-7;/h1-5H,6,10H2,(H2,9,11);/q-1;. The van der Waals surface area contributed by atoms with Crippen molar-refractivity contribution in [3.8, 4) is 0 Å². The van der Waals surface area contributed by atoms with Crippen LogP contribution in [0.3, 0.4) is 0 Å². The van der Waals surface area contributed by atoms with Crippen LogP contribution in [-0.2, 0) is 26.8 Å². The summed E-state index contributed by atoms with van der Waals surface area (Å²) in [5.74, 6) is 5.26. The number of hydrogen-bond donors (Lipinski definition) is 2. The number of hydrogen-bond acceptors (Lipinski definition) is 2. The van der Waals surface area contributed by atoms with Gasteiger partial charge in [0.05, 0.1) is 5.84 Å². The predicted octanol–water partition coefficient (Wildman–Crippen LogP) is 0.746. The molecule has 0 saturated carbocycles. The summed E-state index contributed by atoms with van der Waals surface area (Å²) in [6, 6.07) is 9.78. The summed E-state index contributed by atoms with van der Waals surface area (Å²) in [7, 11) is 0. The van der Waals surface area contributed by atoms with Gasteiger partial charge in [0.25, 0.3) is 0 Å². The maximum atomic E-state index is 5.49. The Morgan fingerprint density at radius 3 is 2.46 bits per heavy atom. The van der Waals surface area contributed by atoms with E-state index in [0.29, 0.717) is 12.3 Å². The number of nitrogens with two attached hydrogens (primary N) is 2. The van der Waals surface area contributed by atoms with Crippen LogP contribution in [-0.4, -0.2) is 5.84 Å². The van der Waals surface area contributed by atoms with E-state index >= 15 is 0 Å². The molecule has 5 heteroatoms. The van der Waals surface area contributed by atoms with E-state index in [0.717, 1.165) is 5.56 Å². The van der Waals surface area contributed by atoms with E-state index in [1.54, 1.807) is 0 Å². The summed E-state index contributed by atoms with van der Waals surface area (Å²) in [6.07, 6.45) is 0.585. The number of rotatable bonds is 3. The molecule has 4 N–H and O–H groups in total. The summed E-state index contributed by atoms with van der Waals surface area (Å²) in [5.41, 5.74) is 9.69. The van der Waals surface area contributed by atoms with Crippen molar-refractivity contribution in [1.29, 1.82) is 0 Å². The van der Waals surface area contributed by atoms with E-state index in [-0.39, 0.29) is 20.4 Å². The van der Waals surface area contributed by atoms with Crippen LogP contribution < -0.4 is 11.6 Å². The van der Waals surface area contributed by atoms with Crippen molar-refractivity contribution in [3.63, 3.8) is 0 Å². The summed E-state index contributed by atoms with van der Waals surface area (Å²) in [6.45, 7) is 0. The molecule has 0 aliphatic rings. The summed E-state index contributed by atoms with van der Waals surface area (Å²) < 4.78 is 0. The van der Waals surface area contributed by atoms with Gasteiger partial charge in [-0.3, -0.25) is 0 Å². The predicted molar refractivity (Wildman–Crippen MR) is 49.3 cm³/mol. The van der Waals surface area contributed by atoms with E-state index in [1.165, 1.54) is 0 Å². The molecule has 0 radical (unpaired) electrons. The van der Waals surface area contributed by atoms with Crippen LogP contribution >= 0.6 is 0 Å². The molecular weight excluding hydrogens is 259 g/mol. The molecule has 0 heterocycles. The second-order valence-corrected chi connectivity index (χ2v) is 2.37. The maximum absolute atomic E-state index is 5.49. The Morgan fingerprint density at radius 2 is 1.92 bits per heavy atom. The molecule has 0 aliphatic carbocycles. The van der Waals surface area contributed by atoms with Gasteiger partial charge in [-0.2, -0.15) is 0 Å². The van der Waals surface area contributed by atoms with Crippen LogP contribution in [0.2, 0.25) is 0 Å². The van der Waals surface area contributed by atoms with Gasteiger partial charge >= 0.3 is 0 Å². The van der Waals surface area contributed by atoms with Crippen LogP contribution in [0, 0.1) is 0 Å². The van der Waals surface area contributed by atoms with Crippen molar-refractivity contribution >= 4 is 5.84 Å². The molecule has 1 rings (SSSR count). The molecule has 0 amide bonds. The third-order valence-electron chi connectivity index (χ3n) is 1.41. The first kappa shape index (κ1) is 12.1. The van der Waals surface area contributed by atoms with Gasteiger partial charge in [0, 0.05) is 26.8 Å². The normalized spacial score (nSPS) is 10.4. The van der Waals surface area contributed by atoms with E-state index in [9.17, 15) is 0 Å². The minimum atomic E-state index is 0. The van der Waals surface area contributed by atoms with Crippen molar-refractivity contribution in [2.75, 3.05) is 0 Å². The second-order valence-electron chi connectivity index (χ2n) is 2.37. The fourth-order valence-corrected chi connectivity index (χ4v) is 0.915. The Balaban J connectivity index is 0.00000144. The molecule has 0 spiro atoms. The van der Waals surface area contributed by atoms with Crippen LogP contribution in [0.15, 0.2) is 35.4 Å². The zero-order valence-electron chi connectivity index (χ0n) is 6.96. The van der Waals surface area contributed by atoms with Gasteiger partial charge in [-0.15, -0.1) is 0 Å². The third kappa shape index (κ3) is 4.63. The molecule has 1 aromatic rings. The van der Waals surface area contributed by atoms with Crippen molar-refractivity contribution in [2.24, 2.45) is 16.7 Å². The van der Waals surface area contributed by atoms with Gasteiger partial charge < -0.3 is 22.2 Å². The van der Waals surface area contributed by atoms with Crippen molar-refractivity contribution in [2.45, 2.75) is 6.42 Å². The third-order valence-corrected chi connectivity index (χ3v) is 1.41. The molecule has 0 aliphatic heterocycles. The molecule has 0 saturated heterocycles. The molecule has 0 fully saturated rings. The van der Waals surface area contributed by atoms with Gasteiger partial charge in [-0.25, -0.2) is 0 Å². The Hall–Kier alpha value is -0.888. The number of amidine groups is 1. The van der Waals surface area contributed by atoms with Crippen molar-refractivity contribution in [1.82, 2.24) is 0 Å². The van der Waals surface area contributed by atoms with Crippen LogP contribution in [0.5, 0.6) is 0 Å². The average Bonchev–Trinajstić information content (AvgIpc) is 2.06. The zero-order chi connectivity index (χ0) is 8.81. The van der Waals surface area contributed by atoms with Crippen LogP contribution in [0.4, 0.5) is 0 Å². The quantitative estimate of drug-likeness (QED) is 0.279. The molecule has 0 aromatic heterocycles. The fraction of sp³-hybridized carbons (Fsp3) is 0.125. The molecule has 0 unspecified atom stereocenters. The Bertz CT molecular complexity index is 260. The first-order chi connectivity index (χ1) is 5.83. The molecule has 13 heavy (non-hydrogen) atoms. The minimum absolute atomic E-state index is 0. The van der Waals surface area contributed by atoms with Gasteiger partial charge in [0.1, 0.15) is 0 Å². The maximum Gasteiger partial charge on any atom is 0.0840 e. The largest absolute Gasteiger partial charge is 0.542 e. The Morgan fingerprint density at radius 1 is 1.31 bits per heavy atom. The number of nitrogens with zero attached hydrogens (tertiary/aromatic N) is 2. The average molecular weight is 270 g/mol. The molecule has 0 atom stereocenters. The van der Waals surface area contributed by atoms with E-state index in [4.69, 9.17) is 11.6 Å². The van der Waals surface area contributed by atoms with Crippen molar-refractivity contribution < 1.29 is 20.4 Å². The second kappa shape index (κ2) is 6.61. The molecule has 1 aromatic carbocycles. The Labute approximate surface area is 91.0 Å². The fourth-order valence-electron chi connectivity index (χ4n) is 0.915. The van der Waals surface area contributed by atoms with E-state index < -0.39 is 0 Å². The minimum Gasteiger partial charge on any atom is -0.542 e. The van der Waals surface area contributed by atoms with Gasteiger partial charge in [-0.1, -0.05) is 30.3 Å². The summed E-state index contributed by atoms with van der Waals surface area (Å²) in [4.78, 5) is 0.